The number of benzene rings is 2. The van der Waals surface area contributed by atoms with Crippen LogP contribution in [-0.2, 0) is 19.0 Å². The quantitative estimate of drug-likeness (QED) is 0.502. The largest absolute Gasteiger partial charge is 0.349 e. The Labute approximate surface area is 202 Å². The molecule has 1 heterocycles. The average Bonchev–Trinajstić information content (AvgIpc) is 3.17. The van der Waals surface area contributed by atoms with Crippen LogP contribution in [0.5, 0.6) is 0 Å². The van der Waals surface area contributed by atoms with Crippen LogP contribution in [0, 0.1) is 25.2 Å². The number of hydrogen-bond acceptors (Lipinski definition) is 4. The van der Waals surface area contributed by atoms with E-state index in [-0.39, 0.29) is 11.9 Å². The van der Waals surface area contributed by atoms with Gasteiger partial charge in [0.05, 0.1) is 22.9 Å². The molecule has 0 saturated heterocycles. The number of carbonyl (C=O) groups is 1. The second-order valence-electron chi connectivity index (χ2n) is 9.73. The summed E-state index contributed by atoms with van der Waals surface area (Å²) in [4.78, 5) is 17.7. The topological polar surface area (TPSA) is 96.7 Å². The van der Waals surface area contributed by atoms with Crippen molar-refractivity contribution in [3.63, 3.8) is 0 Å². The normalized spacial score (nSPS) is 12.3. The van der Waals surface area contributed by atoms with Crippen molar-refractivity contribution in [2.45, 2.75) is 65.5 Å². The highest BCUT2D eigenvalue weighted by Gasteiger charge is 2.21. The van der Waals surface area contributed by atoms with Gasteiger partial charge < -0.3 is 15.6 Å². The molecule has 0 saturated carbocycles. The van der Waals surface area contributed by atoms with E-state index in [1.165, 1.54) is 5.56 Å². The van der Waals surface area contributed by atoms with Gasteiger partial charge in [-0.3, -0.25) is 4.79 Å². The number of aromatic nitrogens is 2. The Balaban J connectivity index is 1.78. The lowest BCUT2D eigenvalue weighted by atomic mass is 9.95. The summed E-state index contributed by atoms with van der Waals surface area (Å²) in [6.45, 7) is 9.99. The molecule has 6 nitrogen and oxygen atoms in total. The van der Waals surface area contributed by atoms with E-state index in [0.29, 0.717) is 11.1 Å². The molecule has 0 radical (unpaired) electrons. The number of aryl methyl sites for hydroxylation is 3. The minimum Gasteiger partial charge on any atom is -0.349 e. The fraction of sp³-hybridized carbons (Fsp3) is 0.393. The zero-order valence-electron chi connectivity index (χ0n) is 21.1. The van der Waals surface area contributed by atoms with E-state index in [4.69, 9.17) is 10.7 Å². The molecular weight excluding hydrogens is 422 g/mol. The van der Waals surface area contributed by atoms with Gasteiger partial charge in [0, 0.05) is 30.4 Å². The lowest BCUT2D eigenvalue weighted by molar-refractivity contribution is 0.0934. The molecule has 0 spiro atoms. The third-order valence-corrected chi connectivity index (χ3v) is 6.15. The average molecular weight is 458 g/mol. The highest BCUT2D eigenvalue weighted by molar-refractivity contribution is 5.94. The van der Waals surface area contributed by atoms with Gasteiger partial charge in [0.25, 0.3) is 5.91 Å². The molecule has 178 valence electrons. The van der Waals surface area contributed by atoms with Crippen molar-refractivity contribution in [1.82, 2.24) is 14.9 Å². The molecule has 1 atom stereocenters. The van der Waals surface area contributed by atoms with Crippen molar-refractivity contribution >= 4 is 5.91 Å². The molecule has 1 aromatic heterocycles. The summed E-state index contributed by atoms with van der Waals surface area (Å²) < 4.78 is 1.98. The first-order valence-electron chi connectivity index (χ1n) is 11.8. The van der Waals surface area contributed by atoms with Gasteiger partial charge in [0.2, 0.25) is 0 Å². The molecule has 1 amide bonds. The number of rotatable bonds is 8. The number of nitrogens with two attached hydrogens (primary N) is 1. The van der Waals surface area contributed by atoms with Crippen LogP contribution in [-0.4, -0.2) is 21.5 Å². The number of carbonyl (C=O) groups excluding carboxylic acids is 1. The summed E-state index contributed by atoms with van der Waals surface area (Å²) in [6.07, 6.45) is 4.59. The highest BCUT2D eigenvalue weighted by Crippen LogP contribution is 2.25. The van der Waals surface area contributed by atoms with Crippen molar-refractivity contribution in [2.24, 2.45) is 12.8 Å². The van der Waals surface area contributed by atoms with Crippen molar-refractivity contribution in [3.05, 3.63) is 76.2 Å². The highest BCUT2D eigenvalue weighted by atomic mass is 16.1. The Morgan fingerprint density at radius 1 is 1.21 bits per heavy atom. The monoisotopic (exact) mass is 457 g/mol. The maximum atomic E-state index is 12.9. The minimum atomic E-state index is -0.515. The molecule has 3 rings (SSSR count). The predicted octanol–water partition coefficient (Wildman–Crippen LogP) is 4.91. The number of imidazole rings is 1. The molecule has 0 fully saturated rings. The van der Waals surface area contributed by atoms with Crippen molar-refractivity contribution < 1.29 is 4.79 Å². The van der Waals surface area contributed by atoms with Gasteiger partial charge in [-0.1, -0.05) is 31.5 Å². The van der Waals surface area contributed by atoms with E-state index >= 15 is 0 Å². The Kier molecular flexibility index (Phi) is 7.58. The van der Waals surface area contributed by atoms with Gasteiger partial charge >= 0.3 is 0 Å². The number of amides is 1. The molecule has 2 aromatic carbocycles. The third-order valence-electron chi connectivity index (χ3n) is 6.15. The zero-order valence-corrected chi connectivity index (χ0v) is 21.1. The van der Waals surface area contributed by atoms with E-state index in [1.807, 2.05) is 44.6 Å². The van der Waals surface area contributed by atoms with Crippen molar-refractivity contribution in [3.8, 4) is 17.3 Å². The summed E-state index contributed by atoms with van der Waals surface area (Å²) in [7, 11) is 1.97. The molecule has 0 aliphatic heterocycles. The predicted molar refractivity (Wildman–Crippen MR) is 136 cm³/mol. The zero-order chi connectivity index (χ0) is 25.0. The molecule has 3 N–H and O–H groups in total. The molecule has 3 aromatic rings. The van der Waals surface area contributed by atoms with Crippen LogP contribution in [0.3, 0.4) is 0 Å². The smallest absolute Gasteiger partial charge is 0.251 e. The molecule has 1 unspecified atom stereocenters. The van der Waals surface area contributed by atoms with Crippen LogP contribution in [0.1, 0.15) is 72.0 Å². The maximum absolute atomic E-state index is 12.9. The second-order valence-corrected chi connectivity index (χ2v) is 9.73. The molecule has 0 aliphatic carbocycles. The van der Waals surface area contributed by atoms with Crippen LogP contribution < -0.4 is 11.1 Å². The standard InChI is InChI=1S/C28H35N5O/c1-7-8-24(31-26(34)22-10-9-18(2)23(14-22)16-29)15-20-11-12-21(13-19(20)3)25-17-33(6)27(32-25)28(4,5)30/h9-14,17,24H,7-8,15,30H2,1-6H3,(H,31,34). The summed E-state index contributed by atoms with van der Waals surface area (Å²) >= 11 is 0. The SMILES string of the molecule is CCCC(Cc1ccc(-c2cn(C)c(C(C)(C)N)n2)cc1C)NC(=O)c1ccc(C)c(C#N)c1. The molecular formula is C28H35N5O. The number of hydrogen-bond donors (Lipinski definition) is 2. The Morgan fingerprint density at radius 2 is 1.94 bits per heavy atom. The van der Waals surface area contributed by atoms with Crippen LogP contribution in [0.15, 0.2) is 42.6 Å². The van der Waals surface area contributed by atoms with E-state index in [1.54, 1.807) is 12.1 Å². The summed E-state index contributed by atoms with van der Waals surface area (Å²) in [5.41, 5.74) is 12.0. The van der Waals surface area contributed by atoms with Gasteiger partial charge in [-0.25, -0.2) is 4.98 Å². The molecule has 0 aliphatic rings. The van der Waals surface area contributed by atoms with Crippen LogP contribution in [0.4, 0.5) is 0 Å². The fourth-order valence-corrected chi connectivity index (χ4v) is 4.28. The van der Waals surface area contributed by atoms with E-state index in [2.05, 4.69) is 43.4 Å². The van der Waals surface area contributed by atoms with E-state index < -0.39 is 5.54 Å². The van der Waals surface area contributed by atoms with Gasteiger partial charge in [-0.05, 0) is 75.4 Å². The van der Waals surface area contributed by atoms with Crippen LogP contribution in [0.25, 0.3) is 11.3 Å². The Morgan fingerprint density at radius 3 is 2.53 bits per heavy atom. The Bertz CT molecular complexity index is 1230. The third kappa shape index (κ3) is 5.73. The number of nitriles is 1. The van der Waals surface area contributed by atoms with Crippen molar-refractivity contribution in [1.29, 1.82) is 5.26 Å². The minimum absolute atomic E-state index is 0.00776. The van der Waals surface area contributed by atoms with Gasteiger partial charge in [0.15, 0.2) is 0 Å². The first-order chi connectivity index (χ1) is 16.0. The summed E-state index contributed by atoms with van der Waals surface area (Å²) in [5.74, 6) is 0.695. The Hall–Kier alpha value is -3.43. The van der Waals surface area contributed by atoms with Crippen molar-refractivity contribution in [2.75, 3.05) is 0 Å². The van der Waals surface area contributed by atoms with Crippen LogP contribution in [0.2, 0.25) is 0 Å². The van der Waals surface area contributed by atoms with Gasteiger partial charge in [-0.15, -0.1) is 0 Å². The summed E-state index contributed by atoms with van der Waals surface area (Å²) in [6, 6.07) is 13.8. The van der Waals surface area contributed by atoms with E-state index in [9.17, 15) is 10.1 Å². The number of nitrogens with one attached hydrogen (secondary N) is 1. The lowest BCUT2D eigenvalue weighted by Crippen LogP contribution is -2.36. The second kappa shape index (κ2) is 10.2. The first-order valence-corrected chi connectivity index (χ1v) is 11.8. The van der Waals surface area contributed by atoms with Gasteiger partial charge in [-0.2, -0.15) is 5.26 Å². The maximum Gasteiger partial charge on any atom is 0.251 e. The van der Waals surface area contributed by atoms with Gasteiger partial charge in [0.1, 0.15) is 5.82 Å². The molecule has 0 bridgehead atoms. The first kappa shape index (κ1) is 25.2. The summed E-state index contributed by atoms with van der Waals surface area (Å²) in [5, 5.41) is 12.5. The lowest BCUT2D eigenvalue weighted by Gasteiger charge is -2.20. The molecule has 6 heteroatoms. The van der Waals surface area contributed by atoms with E-state index in [0.717, 1.165) is 47.5 Å². The fourth-order valence-electron chi connectivity index (χ4n) is 4.28. The molecule has 34 heavy (non-hydrogen) atoms. The van der Waals surface area contributed by atoms with Crippen LogP contribution >= 0.6 is 0 Å². The number of nitrogens with zero attached hydrogens (tertiary/aromatic N) is 3.